The number of carboxylic acids is 1. The first-order valence-electron chi connectivity index (χ1n) is 5.40. The van der Waals surface area contributed by atoms with Gasteiger partial charge in [-0.15, -0.1) is 5.10 Å². The van der Waals surface area contributed by atoms with E-state index in [-0.39, 0.29) is 5.56 Å². The molecule has 2 heterocycles. The Kier molecular flexibility index (Phi) is 2.57. The van der Waals surface area contributed by atoms with Crippen molar-refractivity contribution in [3.05, 3.63) is 48.5 Å². The minimum atomic E-state index is -1.02. The lowest BCUT2D eigenvalue weighted by atomic mass is 10.0. The van der Waals surface area contributed by atoms with Gasteiger partial charge in [-0.2, -0.15) is 0 Å². The van der Waals surface area contributed by atoms with Crippen LogP contribution in [0.3, 0.4) is 0 Å². The second-order valence-corrected chi connectivity index (χ2v) is 3.77. The van der Waals surface area contributed by atoms with Gasteiger partial charge in [-0.3, -0.25) is 0 Å². The van der Waals surface area contributed by atoms with Crippen LogP contribution < -0.4 is 0 Å². The molecule has 0 aliphatic heterocycles. The Morgan fingerprint density at radius 1 is 1.32 bits per heavy atom. The van der Waals surface area contributed by atoms with Crippen molar-refractivity contribution in [1.29, 1.82) is 0 Å². The molecule has 0 saturated heterocycles. The van der Waals surface area contributed by atoms with Crippen molar-refractivity contribution in [2.45, 2.75) is 0 Å². The van der Waals surface area contributed by atoms with E-state index in [4.69, 9.17) is 4.42 Å². The summed E-state index contributed by atoms with van der Waals surface area (Å²) in [6, 6.07) is 8.19. The average Bonchev–Trinajstić information content (AvgIpc) is 3.11. The van der Waals surface area contributed by atoms with E-state index in [0.717, 1.165) is 0 Å². The molecule has 0 unspecified atom stereocenters. The third kappa shape index (κ3) is 1.97. The molecule has 0 radical (unpaired) electrons. The van der Waals surface area contributed by atoms with Crippen LogP contribution in [0, 0.1) is 0 Å². The number of nitrogens with zero attached hydrogens (tertiary/aromatic N) is 4. The van der Waals surface area contributed by atoms with Gasteiger partial charge in [-0.05, 0) is 40.8 Å². The molecule has 94 valence electrons. The Bertz CT molecular complexity index is 705. The van der Waals surface area contributed by atoms with Gasteiger partial charge in [0.15, 0.2) is 0 Å². The Hall–Kier alpha value is -2.96. The zero-order valence-corrected chi connectivity index (χ0v) is 9.59. The van der Waals surface area contributed by atoms with Gasteiger partial charge in [0.25, 0.3) is 0 Å². The standard InChI is InChI=1S/C12H8N4O3/c17-12(18)9-4-3-8(16-7-13-14-15-16)6-10(9)11-2-1-5-19-11/h1-7H,(H,17,18). The molecule has 0 spiro atoms. The van der Waals surface area contributed by atoms with E-state index in [2.05, 4.69) is 15.5 Å². The first kappa shape index (κ1) is 11.1. The van der Waals surface area contributed by atoms with Crippen molar-refractivity contribution in [2.24, 2.45) is 0 Å². The minimum Gasteiger partial charge on any atom is -0.478 e. The van der Waals surface area contributed by atoms with E-state index in [1.807, 2.05) is 0 Å². The van der Waals surface area contributed by atoms with Crippen molar-refractivity contribution in [1.82, 2.24) is 20.2 Å². The maximum atomic E-state index is 11.2. The number of tetrazole rings is 1. The molecule has 0 saturated carbocycles. The summed E-state index contributed by atoms with van der Waals surface area (Å²) in [6.45, 7) is 0. The average molecular weight is 256 g/mol. The highest BCUT2D eigenvalue weighted by Crippen LogP contribution is 2.26. The van der Waals surface area contributed by atoms with Crippen LogP contribution in [0.1, 0.15) is 10.4 Å². The summed E-state index contributed by atoms with van der Waals surface area (Å²) in [7, 11) is 0. The van der Waals surface area contributed by atoms with Gasteiger partial charge in [-0.25, -0.2) is 9.48 Å². The molecule has 0 atom stereocenters. The summed E-state index contributed by atoms with van der Waals surface area (Å²) >= 11 is 0. The predicted octanol–water partition coefficient (Wildman–Crippen LogP) is 1.62. The molecule has 3 rings (SSSR count). The minimum absolute atomic E-state index is 0.159. The van der Waals surface area contributed by atoms with E-state index in [1.165, 1.54) is 23.3 Å². The number of carbonyl (C=O) groups is 1. The molecule has 3 aromatic rings. The van der Waals surface area contributed by atoms with Crippen molar-refractivity contribution < 1.29 is 14.3 Å². The number of hydrogen-bond acceptors (Lipinski definition) is 5. The highest BCUT2D eigenvalue weighted by atomic mass is 16.4. The fourth-order valence-electron chi connectivity index (χ4n) is 1.78. The first-order valence-corrected chi connectivity index (χ1v) is 5.40. The van der Waals surface area contributed by atoms with Crippen LogP contribution in [0.25, 0.3) is 17.0 Å². The first-order chi connectivity index (χ1) is 9.25. The molecule has 2 aromatic heterocycles. The van der Waals surface area contributed by atoms with E-state index < -0.39 is 5.97 Å². The van der Waals surface area contributed by atoms with Crippen LogP contribution >= 0.6 is 0 Å². The fraction of sp³-hybridized carbons (Fsp3) is 0. The van der Waals surface area contributed by atoms with Crippen LogP contribution in [0.5, 0.6) is 0 Å². The number of benzene rings is 1. The van der Waals surface area contributed by atoms with Crippen LogP contribution in [0.4, 0.5) is 0 Å². The Balaban J connectivity index is 2.18. The molecule has 7 heteroatoms. The molecule has 1 aromatic carbocycles. The third-order valence-electron chi connectivity index (χ3n) is 2.63. The highest BCUT2D eigenvalue weighted by Gasteiger charge is 2.15. The van der Waals surface area contributed by atoms with Gasteiger partial charge in [0, 0.05) is 5.56 Å². The number of rotatable bonds is 3. The molecule has 7 nitrogen and oxygen atoms in total. The van der Waals surface area contributed by atoms with Gasteiger partial charge >= 0.3 is 5.97 Å². The Morgan fingerprint density at radius 3 is 2.84 bits per heavy atom. The second-order valence-electron chi connectivity index (χ2n) is 3.77. The topological polar surface area (TPSA) is 94.0 Å². The van der Waals surface area contributed by atoms with E-state index in [1.54, 1.807) is 24.3 Å². The van der Waals surface area contributed by atoms with E-state index in [9.17, 15) is 9.90 Å². The van der Waals surface area contributed by atoms with Crippen LogP contribution in [0.2, 0.25) is 0 Å². The number of aromatic nitrogens is 4. The monoisotopic (exact) mass is 256 g/mol. The van der Waals surface area contributed by atoms with Gasteiger partial charge in [0.05, 0.1) is 17.5 Å². The predicted molar refractivity (Wildman–Crippen MR) is 63.8 cm³/mol. The molecular weight excluding hydrogens is 248 g/mol. The van der Waals surface area contributed by atoms with E-state index in [0.29, 0.717) is 17.0 Å². The van der Waals surface area contributed by atoms with Crippen molar-refractivity contribution in [3.63, 3.8) is 0 Å². The van der Waals surface area contributed by atoms with Crippen LogP contribution in [-0.2, 0) is 0 Å². The third-order valence-corrected chi connectivity index (χ3v) is 2.63. The molecule has 0 aliphatic carbocycles. The second kappa shape index (κ2) is 4.37. The molecule has 0 bridgehead atoms. The maximum Gasteiger partial charge on any atom is 0.336 e. The number of aromatic carboxylic acids is 1. The Labute approximate surface area is 107 Å². The van der Waals surface area contributed by atoms with Crippen LogP contribution in [0.15, 0.2) is 47.3 Å². The lowest BCUT2D eigenvalue weighted by Crippen LogP contribution is -2.02. The molecule has 0 aliphatic rings. The van der Waals surface area contributed by atoms with Gasteiger partial charge in [0.1, 0.15) is 12.1 Å². The highest BCUT2D eigenvalue weighted by molar-refractivity contribution is 5.95. The Morgan fingerprint density at radius 2 is 2.21 bits per heavy atom. The van der Waals surface area contributed by atoms with Crippen LogP contribution in [-0.4, -0.2) is 31.3 Å². The van der Waals surface area contributed by atoms with Crippen molar-refractivity contribution in [2.75, 3.05) is 0 Å². The zero-order valence-electron chi connectivity index (χ0n) is 9.59. The summed E-state index contributed by atoms with van der Waals surface area (Å²) in [5, 5.41) is 20.0. The summed E-state index contributed by atoms with van der Waals surface area (Å²) in [4.78, 5) is 11.2. The largest absolute Gasteiger partial charge is 0.478 e. The van der Waals surface area contributed by atoms with Gasteiger partial charge < -0.3 is 9.52 Å². The molecule has 0 amide bonds. The maximum absolute atomic E-state index is 11.2. The van der Waals surface area contributed by atoms with Crippen molar-refractivity contribution in [3.8, 4) is 17.0 Å². The SMILES string of the molecule is O=C(O)c1ccc(-n2cnnn2)cc1-c1ccco1. The molecular formula is C12H8N4O3. The van der Waals surface area contributed by atoms with Gasteiger partial charge in [-0.1, -0.05) is 0 Å². The normalized spacial score (nSPS) is 10.5. The fourth-order valence-corrected chi connectivity index (χ4v) is 1.78. The lowest BCUT2D eigenvalue weighted by molar-refractivity contribution is 0.0697. The smallest absolute Gasteiger partial charge is 0.336 e. The summed E-state index contributed by atoms with van der Waals surface area (Å²) < 4.78 is 6.70. The number of carboxylic acid groups (broad SMARTS) is 1. The van der Waals surface area contributed by atoms with Crippen molar-refractivity contribution >= 4 is 5.97 Å². The quantitative estimate of drug-likeness (QED) is 0.765. The summed E-state index contributed by atoms with van der Waals surface area (Å²) in [5.41, 5.74) is 1.29. The lowest BCUT2D eigenvalue weighted by Gasteiger charge is -2.06. The molecule has 19 heavy (non-hydrogen) atoms. The molecule has 0 fully saturated rings. The number of furan rings is 1. The number of hydrogen-bond donors (Lipinski definition) is 1. The zero-order chi connectivity index (χ0) is 13.2. The summed E-state index contributed by atoms with van der Waals surface area (Å²) in [5.74, 6) is -0.540. The van der Waals surface area contributed by atoms with Gasteiger partial charge in [0.2, 0.25) is 0 Å². The van der Waals surface area contributed by atoms with E-state index >= 15 is 0 Å². The summed E-state index contributed by atoms with van der Waals surface area (Å²) in [6.07, 6.45) is 2.92. The molecule has 1 N–H and O–H groups in total.